The molecule has 2 fully saturated rings. The highest BCUT2D eigenvalue weighted by atomic mass is 32.3. The van der Waals surface area contributed by atoms with E-state index >= 15 is 0 Å². The molecule has 14 heteroatoms. The van der Waals surface area contributed by atoms with Crippen molar-refractivity contribution in [2.45, 2.75) is 70.9 Å². The van der Waals surface area contributed by atoms with Crippen LogP contribution in [0, 0.1) is 5.41 Å². The number of hydroxylamine groups is 2. The Hall–Kier alpha value is -2.45. The van der Waals surface area contributed by atoms with E-state index in [0.29, 0.717) is 37.2 Å². The van der Waals surface area contributed by atoms with E-state index in [1.807, 2.05) is 0 Å². The van der Waals surface area contributed by atoms with Crippen molar-refractivity contribution in [3.05, 3.63) is 0 Å². The number of fused-ring (bicyclic) bond motifs is 2. The second kappa shape index (κ2) is 11.1. The first-order valence-corrected chi connectivity index (χ1v) is 12.0. The molecule has 0 spiro atoms. The number of nitrogens with zero attached hydrogens (tertiary/aromatic N) is 2. The average Bonchev–Trinajstić information content (AvgIpc) is 2.94. The van der Waals surface area contributed by atoms with Crippen LogP contribution in [0.5, 0.6) is 0 Å². The second-order valence-corrected chi connectivity index (χ2v) is 10.1. The van der Waals surface area contributed by atoms with Crippen LogP contribution >= 0.6 is 0 Å². The minimum atomic E-state index is -4.56. The number of rotatable bonds is 14. The van der Waals surface area contributed by atoms with Crippen molar-refractivity contribution in [2.24, 2.45) is 11.1 Å². The largest absolute Gasteiger partial charge is 0.481 e. The fourth-order valence-electron chi connectivity index (χ4n) is 3.51. The summed E-state index contributed by atoms with van der Waals surface area (Å²) in [6, 6.07) is -2.10. The lowest BCUT2D eigenvalue weighted by Crippen LogP contribution is -2.47. The van der Waals surface area contributed by atoms with Gasteiger partial charge in [0.1, 0.15) is 6.04 Å². The van der Waals surface area contributed by atoms with Gasteiger partial charge in [-0.2, -0.15) is 13.5 Å². The molecular weight excluding hydrogens is 462 g/mol. The second-order valence-electron chi connectivity index (χ2n) is 8.89. The third kappa shape index (κ3) is 8.12. The number of esters is 1. The maximum atomic E-state index is 12.4. The van der Waals surface area contributed by atoms with Crippen LogP contribution in [-0.4, -0.2) is 79.2 Å². The van der Waals surface area contributed by atoms with Crippen LogP contribution in [0.1, 0.15) is 58.8 Å². The molecular formula is C19H31N3O10S. The zero-order valence-electron chi connectivity index (χ0n) is 18.7. The Morgan fingerprint density at radius 2 is 1.85 bits per heavy atom. The summed E-state index contributed by atoms with van der Waals surface area (Å²) < 4.78 is 39.5. The molecule has 3 amide bonds. The van der Waals surface area contributed by atoms with Crippen molar-refractivity contribution in [3.63, 3.8) is 0 Å². The molecule has 188 valence electrons. The van der Waals surface area contributed by atoms with E-state index in [-0.39, 0.29) is 32.6 Å². The van der Waals surface area contributed by atoms with Crippen LogP contribution in [0.4, 0.5) is 4.79 Å². The van der Waals surface area contributed by atoms with Crippen LogP contribution in [0.25, 0.3) is 0 Å². The van der Waals surface area contributed by atoms with Crippen molar-refractivity contribution in [2.75, 3.05) is 19.8 Å². The highest BCUT2D eigenvalue weighted by Gasteiger charge is 2.49. The summed E-state index contributed by atoms with van der Waals surface area (Å²) in [5.74, 6) is -2.05. The first-order valence-electron chi connectivity index (χ1n) is 10.7. The van der Waals surface area contributed by atoms with E-state index in [1.54, 1.807) is 13.8 Å². The molecule has 2 bridgehead atoms. The van der Waals surface area contributed by atoms with Gasteiger partial charge in [0.15, 0.2) is 0 Å². The minimum Gasteiger partial charge on any atom is -0.481 e. The van der Waals surface area contributed by atoms with Gasteiger partial charge in [0, 0.05) is 19.4 Å². The Kier molecular flexibility index (Phi) is 9.03. The van der Waals surface area contributed by atoms with Gasteiger partial charge < -0.3 is 20.5 Å². The summed E-state index contributed by atoms with van der Waals surface area (Å²) in [5.41, 5.74) is 4.59. The number of urea groups is 1. The monoisotopic (exact) mass is 493 g/mol. The number of carboxylic acid groups (broad SMARTS) is 1. The summed E-state index contributed by atoms with van der Waals surface area (Å²) in [6.07, 6.45) is 1.84. The van der Waals surface area contributed by atoms with Gasteiger partial charge in [-0.3, -0.25) is 14.4 Å². The number of nitrogens with two attached hydrogens (primary N) is 1. The molecule has 0 saturated carbocycles. The normalized spacial score (nSPS) is 20.7. The Labute approximate surface area is 192 Å². The molecule has 33 heavy (non-hydrogen) atoms. The van der Waals surface area contributed by atoms with Gasteiger partial charge in [0.25, 0.3) is 0 Å². The van der Waals surface area contributed by atoms with Gasteiger partial charge in [-0.1, -0.05) is 13.8 Å². The zero-order chi connectivity index (χ0) is 24.8. The summed E-state index contributed by atoms with van der Waals surface area (Å²) in [4.78, 5) is 47.2. The van der Waals surface area contributed by atoms with Crippen molar-refractivity contribution in [1.29, 1.82) is 0 Å². The first-order chi connectivity index (χ1) is 15.3. The molecule has 0 aliphatic carbocycles. The third-order valence-electron chi connectivity index (χ3n) is 5.48. The lowest BCUT2D eigenvalue weighted by atomic mass is 9.91. The molecule has 0 aromatic heterocycles. The predicted molar refractivity (Wildman–Crippen MR) is 111 cm³/mol. The number of carbonyl (C=O) groups is 4. The number of primary amides is 1. The van der Waals surface area contributed by atoms with Gasteiger partial charge in [-0.05, 0) is 37.5 Å². The lowest BCUT2D eigenvalue weighted by molar-refractivity contribution is -0.145. The van der Waals surface area contributed by atoms with E-state index in [1.165, 1.54) is 4.90 Å². The van der Waals surface area contributed by atoms with E-state index in [4.69, 9.17) is 24.0 Å². The van der Waals surface area contributed by atoms with Crippen molar-refractivity contribution < 1.29 is 45.9 Å². The molecule has 2 rings (SSSR count). The van der Waals surface area contributed by atoms with Gasteiger partial charge in [-0.15, -0.1) is 4.28 Å². The molecule has 2 aliphatic rings. The highest BCUT2D eigenvalue weighted by molar-refractivity contribution is 7.81. The van der Waals surface area contributed by atoms with Gasteiger partial charge in [0.2, 0.25) is 5.91 Å². The molecule has 2 heterocycles. The van der Waals surface area contributed by atoms with Crippen molar-refractivity contribution in [3.8, 4) is 0 Å². The first kappa shape index (κ1) is 26.8. The predicted octanol–water partition coefficient (Wildman–Crippen LogP) is 0.538. The summed E-state index contributed by atoms with van der Waals surface area (Å²) >= 11 is 0. The highest BCUT2D eigenvalue weighted by Crippen LogP contribution is 2.31. The summed E-state index contributed by atoms with van der Waals surface area (Å²) in [6.45, 7) is 3.30. The number of unbranched alkanes of at least 4 members (excludes halogenated alkanes) is 1. The molecule has 0 aromatic carbocycles. The SMILES string of the molecule is CC(C)(CCOC(=O)CCCCC(=O)O)COS(=O)(=O)ON1C(=O)N2CC1CC[C@H]2C(N)=O. The number of aliphatic carboxylic acids is 1. The number of hydrogen-bond donors (Lipinski definition) is 2. The third-order valence-corrected chi connectivity index (χ3v) is 6.23. The van der Waals surface area contributed by atoms with E-state index in [2.05, 4.69) is 0 Å². The molecule has 13 nitrogen and oxygen atoms in total. The fraction of sp³-hybridized carbons (Fsp3) is 0.789. The number of hydrogen-bond acceptors (Lipinski definition) is 9. The van der Waals surface area contributed by atoms with E-state index < -0.39 is 51.8 Å². The number of ether oxygens (including phenoxy) is 1. The topological polar surface area (TPSA) is 183 Å². The lowest BCUT2D eigenvalue weighted by Gasteiger charge is -2.27. The molecule has 2 atom stereocenters. The number of carbonyl (C=O) groups excluding carboxylic acids is 3. The Morgan fingerprint density at radius 1 is 1.18 bits per heavy atom. The molecule has 3 N–H and O–H groups in total. The Balaban J connectivity index is 1.75. The van der Waals surface area contributed by atoms with E-state index in [0.717, 1.165) is 0 Å². The Morgan fingerprint density at radius 3 is 2.48 bits per heavy atom. The van der Waals surface area contributed by atoms with Gasteiger partial charge in [-0.25, -0.2) is 8.98 Å². The van der Waals surface area contributed by atoms with E-state index in [9.17, 15) is 27.6 Å². The fourth-order valence-corrected chi connectivity index (χ4v) is 4.40. The maximum Gasteiger partial charge on any atom is 0.421 e. The zero-order valence-corrected chi connectivity index (χ0v) is 19.5. The van der Waals surface area contributed by atoms with Crippen molar-refractivity contribution in [1.82, 2.24) is 9.96 Å². The van der Waals surface area contributed by atoms with Crippen molar-refractivity contribution >= 4 is 34.3 Å². The van der Waals surface area contributed by atoms with Gasteiger partial charge >= 0.3 is 28.4 Å². The number of carboxylic acids is 1. The van der Waals surface area contributed by atoms with Crippen LogP contribution in [0.15, 0.2) is 0 Å². The Bertz CT molecular complexity index is 860. The summed E-state index contributed by atoms with van der Waals surface area (Å²) in [7, 11) is -4.56. The number of amides is 3. The quantitative estimate of drug-likeness (QED) is 0.256. The van der Waals surface area contributed by atoms with Crippen LogP contribution in [-0.2, 0) is 38.0 Å². The summed E-state index contributed by atoms with van der Waals surface area (Å²) in [5, 5.41) is 9.27. The molecule has 1 unspecified atom stereocenters. The standard InChI is InChI=1S/C19H31N3O10S/c1-19(2,9-10-30-16(25)6-4-3-5-15(23)24)12-31-33(28,29)32-22-13-7-8-14(17(20)26)21(11-13)18(22)27/h13-14H,3-12H2,1-2H3,(H2,20,26)(H,23,24)/t13?,14-/m0/s1. The number of piperidine rings is 1. The van der Waals surface area contributed by atoms with Crippen LogP contribution in [0.2, 0.25) is 0 Å². The molecule has 0 radical (unpaired) electrons. The van der Waals surface area contributed by atoms with Gasteiger partial charge in [0.05, 0.1) is 19.3 Å². The molecule has 2 saturated heterocycles. The van der Waals surface area contributed by atoms with Crippen LogP contribution < -0.4 is 5.73 Å². The maximum absolute atomic E-state index is 12.4. The molecule has 0 aromatic rings. The average molecular weight is 494 g/mol. The smallest absolute Gasteiger partial charge is 0.421 e. The molecule has 2 aliphatic heterocycles. The van der Waals surface area contributed by atoms with Crippen LogP contribution in [0.3, 0.4) is 0 Å². The minimum absolute atomic E-state index is 0.0122.